The van der Waals surface area contributed by atoms with Crippen molar-refractivity contribution in [1.29, 1.82) is 0 Å². The van der Waals surface area contributed by atoms with Gasteiger partial charge in [0.05, 0.1) is 5.69 Å². The summed E-state index contributed by atoms with van der Waals surface area (Å²) in [6.45, 7) is 5.70. The number of benzene rings is 1. The molecule has 1 fully saturated rings. The van der Waals surface area contributed by atoms with Crippen molar-refractivity contribution in [3.63, 3.8) is 0 Å². The van der Waals surface area contributed by atoms with Crippen LogP contribution < -0.4 is 15.5 Å². The van der Waals surface area contributed by atoms with Gasteiger partial charge in [0.25, 0.3) is 5.91 Å². The number of rotatable bonds is 3. The Labute approximate surface area is 192 Å². The van der Waals surface area contributed by atoms with Crippen LogP contribution in [0.2, 0.25) is 0 Å². The van der Waals surface area contributed by atoms with Crippen LogP contribution in [0.4, 0.5) is 17.3 Å². The van der Waals surface area contributed by atoms with E-state index in [2.05, 4.69) is 56.7 Å². The fourth-order valence-corrected chi connectivity index (χ4v) is 4.92. The Morgan fingerprint density at radius 1 is 1.00 bits per heavy atom. The van der Waals surface area contributed by atoms with E-state index in [1.807, 2.05) is 10.9 Å². The van der Waals surface area contributed by atoms with E-state index in [4.69, 9.17) is 10.1 Å². The van der Waals surface area contributed by atoms with Crippen LogP contribution in [0.1, 0.15) is 28.0 Å². The average molecular weight is 445 g/mol. The van der Waals surface area contributed by atoms with Crippen LogP contribution in [0, 0.1) is 0 Å². The van der Waals surface area contributed by atoms with Crippen molar-refractivity contribution in [1.82, 2.24) is 30.0 Å². The summed E-state index contributed by atoms with van der Waals surface area (Å²) in [5, 5.41) is 11.1. The SMILES string of the molecule is CN1CCN(c2ccc(Nc3ncc4c(n3)-c3nn5c(c3CC4)C(=O)NCCC5)cc2)CC1. The number of hydrogen-bond acceptors (Lipinski definition) is 7. The Morgan fingerprint density at radius 2 is 1.82 bits per heavy atom. The molecular formula is C24H28N8O. The molecule has 3 aliphatic rings. The molecule has 0 spiro atoms. The summed E-state index contributed by atoms with van der Waals surface area (Å²) >= 11 is 0. The molecule has 2 N–H and O–H groups in total. The van der Waals surface area contributed by atoms with E-state index in [9.17, 15) is 4.79 Å². The van der Waals surface area contributed by atoms with E-state index in [-0.39, 0.29) is 5.91 Å². The lowest BCUT2D eigenvalue weighted by molar-refractivity contribution is 0.0949. The maximum atomic E-state index is 12.6. The van der Waals surface area contributed by atoms with Gasteiger partial charge in [-0.3, -0.25) is 9.48 Å². The highest BCUT2D eigenvalue weighted by molar-refractivity contribution is 5.96. The molecule has 2 aromatic heterocycles. The maximum Gasteiger partial charge on any atom is 0.269 e. The molecule has 9 nitrogen and oxygen atoms in total. The molecule has 2 aliphatic heterocycles. The van der Waals surface area contributed by atoms with E-state index in [0.29, 0.717) is 18.2 Å². The topological polar surface area (TPSA) is 91.2 Å². The third kappa shape index (κ3) is 3.72. The first-order valence-electron chi connectivity index (χ1n) is 11.7. The fraction of sp³-hybridized carbons (Fsp3) is 0.417. The van der Waals surface area contributed by atoms with Gasteiger partial charge in [-0.15, -0.1) is 0 Å². The number of amides is 1. The van der Waals surface area contributed by atoms with Crippen LogP contribution in [0.25, 0.3) is 11.4 Å². The number of aromatic nitrogens is 4. The molecule has 170 valence electrons. The minimum atomic E-state index is -0.0301. The van der Waals surface area contributed by atoms with Crippen molar-refractivity contribution in [3.8, 4) is 11.4 Å². The zero-order chi connectivity index (χ0) is 22.4. The average Bonchev–Trinajstić information content (AvgIpc) is 3.12. The molecule has 0 radical (unpaired) electrons. The quantitative estimate of drug-likeness (QED) is 0.639. The highest BCUT2D eigenvalue weighted by Gasteiger charge is 2.30. The number of likely N-dealkylation sites (N-methyl/N-ethyl adjacent to an activating group) is 1. The second-order valence-electron chi connectivity index (χ2n) is 9.04. The van der Waals surface area contributed by atoms with Gasteiger partial charge in [-0.1, -0.05) is 0 Å². The number of aryl methyl sites for hydroxylation is 2. The molecule has 0 saturated carbocycles. The molecule has 9 heteroatoms. The number of fused-ring (bicyclic) bond motifs is 5. The minimum Gasteiger partial charge on any atom is -0.369 e. The zero-order valence-corrected chi connectivity index (χ0v) is 18.8. The van der Waals surface area contributed by atoms with Gasteiger partial charge in [0.2, 0.25) is 5.95 Å². The van der Waals surface area contributed by atoms with Crippen molar-refractivity contribution < 1.29 is 4.79 Å². The van der Waals surface area contributed by atoms with E-state index in [1.165, 1.54) is 5.69 Å². The molecule has 6 rings (SSSR count). The Bertz CT molecular complexity index is 1190. The summed E-state index contributed by atoms with van der Waals surface area (Å²) in [6, 6.07) is 8.44. The van der Waals surface area contributed by atoms with E-state index < -0.39 is 0 Å². The van der Waals surface area contributed by atoms with Crippen LogP contribution in [0.15, 0.2) is 30.5 Å². The van der Waals surface area contributed by atoms with Crippen LogP contribution in [0.5, 0.6) is 0 Å². The molecule has 3 aromatic rings. The number of carbonyl (C=O) groups excluding carboxylic acids is 1. The lowest BCUT2D eigenvalue weighted by Gasteiger charge is -2.34. The molecule has 1 aliphatic carbocycles. The highest BCUT2D eigenvalue weighted by Crippen LogP contribution is 2.34. The zero-order valence-electron chi connectivity index (χ0n) is 18.8. The Morgan fingerprint density at radius 3 is 2.64 bits per heavy atom. The van der Waals surface area contributed by atoms with Gasteiger partial charge in [0, 0.05) is 62.4 Å². The van der Waals surface area contributed by atoms with Crippen molar-refractivity contribution in [3.05, 3.63) is 47.3 Å². The normalized spacial score (nSPS) is 18.1. The number of nitrogens with zero attached hydrogens (tertiary/aromatic N) is 6. The summed E-state index contributed by atoms with van der Waals surface area (Å²) in [5.41, 5.74) is 6.61. The van der Waals surface area contributed by atoms with E-state index in [0.717, 1.165) is 80.2 Å². The predicted molar refractivity (Wildman–Crippen MR) is 127 cm³/mol. The van der Waals surface area contributed by atoms with Gasteiger partial charge in [-0.2, -0.15) is 5.10 Å². The second kappa shape index (κ2) is 8.15. The van der Waals surface area contributed by atoms with Crippen LogP contribution in [-0.4, -0.2) is 70.3 Å². The molecule has 1 saturated heterocycles. The van der Waals surface area contributed by atoms with Crippen molar-refractivity contribution in [2.24, 2.45) is 0 Å². The monoisotopic (exact) mass is 444 g/mol. The molecule has 1 amide bonds. The predicted octanol–water partition coefficient (Wildman–Crippen LogP) is 2.07. The van der Waals surface area contributed by atoms with E-state index >= 15 is 0 Å². The highest BCUT2D eigenvalue weighted by atomic mass is 16.2. The Balaban J connectivity index is 1.25. The Kier molecular flexibility index (Phi) is 4.98. The summed E-state index contributed by atoms with van der Waals surface area (Å²) < 4.78 is 1.86. The largest absolute Gasteiger partial charge is 0.369 e. The lowest BCUT2D eigenvalue weighted by Crippen LogP contribution is -2.44. The molecule has 0 atom stereocenters. The summed E-state index contributed by atoms with van der Waals surface area (Å²) in [4.78, 5) is 26.7. The standard InChI is InChI=1S/C24H28N8O/c1-30-11-13-31(14-12-30)18-6-4-17(5-7-18)27-24-26-15-16-3-8-19-21(20(16)28-24)29-32-10-2-9-25-23(33)22(19)32/h4-7,15H,2-3,8-14H2,1H3,(H,25,33)(H,26,27,28). The Hall–Kier alpha value is -3.46. The summed E-state index contributed by atoms with van der Waals surface area (Å²) in [7, 11) is 2.17. The molecule has 0 unspecified atom stereocenters. The van der Waals surface area contributed by atoms with Crippen LogP contribution in [0.3, 0.4) is 0 Å². The molecule has 33 heavy (non-hydrogen) atoms. The van der Waals surface area contributed by atoms with Gasteiger partial charge in [0.1, 0.15) is 11.4 Å². The van der Waals surface area contributed by atoms with Gasteiger partial charge < -0.3 is 20.4 Å². The third-order valence-corrected chi connectivity index (χ3v) is 6.82. The van der Waals surface area contributed by atoms with Crippen LogP contribution in [-0.2, 0) is 19.4 Å². The molecular weight excluding hydrogens is 416 g/mol. The van der Waals surface area contributed by atoms with Crippen LogP contribution >= 0.6 is 0 Å². The minimum absolute atomic E-state index is 0.0301. The smallest absolute Gasteiger partial charge is 0.269 e. The van der Waals surface area contributed by atoms with Crippen molar-refractivity contribution in [2.75, 3.05) is 50.0 Å². The van der Waals surface area contributed by atoms with Crippen molar-refractivity contribution in [2.45, 2.75) is 25.8 Å². The second-order valence-corrected chi connectivity index (χ2v) is 9.04. The van der Waals surface area contributed by atoms with Gasteiger partial charge in [-0.25, -0.2) is 9.97 Å². The number of anilines is 3. The van der Waals surface area contributed by atoms with Gasteiger partial charge in [0.15, 0.2) is 0 Å². The van der Waals surface area contributed by atoms with Gasteiger partial charge in [-0.05, 0) is 56.1 Å². The van der Waals surface area contributed by atoms with Crippen molar-refractivity contribution >= 4 is 23.2 Å². The lowest BCUT2D eigenvalue weighted by atomic mass is 9.93. The van der Waals surface area contributed by atoms with E-state index in [1.54, 1.807) is 0 Å². The first-order valence-corrected chi connectivity index (χ1v) is 11.7. The number of hydrogen-bond donors (Lipinski definition) is 2. The fourth-order valence-electron chi connectivity index (χ4n) is 4.92. The first kappa shape index (κ1) is 20.2. The number of piperazine rings is 1. The van der Waals surface area contributed by atoms with Gasteiger partial charge >= 0.3 is 0 Å². The molecule has 4 heterocycles. The number of carbonyl (C=O) groups is 1. The molecule has 0 bridgehead atoms. The first-order chi connectivity index (χ1) is 16.2. The molecule has 1 aromatic carbocycles. The summed E-state index contributed by atoms with van der Waals surface area (Å²) in [5.74, 6) is 0.513. The number of nitrogens with one attached hydrogen (secondary N) is 2. The summed E-state index contributed by atoms with van der Waals surface area (Å²) in [6.07, 6.45) is 4.37. The maximum absolute atomic E-state index is 12.6. The third-order valence-electron chi connectivity index (χ3n) is 6.82.